The fourth-order valence-corrected chi connectivity index (χ4v) is 3.03. The molecular weight excluding hydrogens is 279 g/mol. The van der Waals surface area contributed by atoms with E-state index in [1.807, 2.05) is 0 Å². The number of hydrogen-bond acceptors (Lipinski definition) is 4. The topological polar surface area (TPSA) is 41.5 Å². The second kappa shape index (κ2) is 13.5. The summed E-state index contributed by atoms with van der Waals surface area (Å²) in [7, 11) is 0. The largest absolute Gasteiger partial charge is 0.780 e. The zero-order chi connectivity index (χ0) is 14.4. The molecule has 116 valence electrons. The van der Waals surface area contributed by atoms with E-state index in [9.17, 15) is 4.89 Å². The van der Waals surface area contributed by atoms with Gasteiger partial charge in [-0.3, -0.25) is 0 Å². The van der Waals surface area contributed by atoms with Gasteiger partial charge < -0.3 is 13.9 Å². The van der Waals surface area contributed by atoms with Gasteiger partial charge in [0.05, 0.1) is 13.2 Å². The molecule has 0 heterocycles. The molecule has 0 aromatic rings. The molecular formula is C14H30O3PS-. The van der Waals surface area contributed by atoms with Crippen molar-refractivity contribution in [3.8, 4) is 0 Å². The molecule has 0 fully saturated rings. The quantitative estimate of drug-likeness (QED) is 0.349. The van der Waals surface area contributed by atoms with E-state index in [0.717, 1.165) is 25.7 Å². The van der Waals surface area contributed by atoms with Gasteiger partial charge in [0.2, 0.25) is 0 Å². The Morgan fingerprint density at radius 1 is 0.737 bits per heavy atom. The molecule has 19 heavy (non-hydrogen) atoms. The summed E-state index contributed by atoms with van der Waals surface area (Å²) in [4.78, 5) is 11.8. The maximum atomic E-state index is 11.8. The van der Waals surface area contributed by atoms with Crippen molar-refractivity contribution in [1.29, 1.82) is 0 Å². The van der Waals surface area contributed by atoms with Crippen LogP contribution >= 0.6 is 6.72 Å². The van der Waals surface area contributed by atoms with Crippen molar-refractivity contribution >= 4 is 18.5 Å². The van der Waals surface area contributed by atoms with Gasteiger partial charge in [-0.2, -0.15) is 0 Å². The highest BCUT2D eigenvalue weighted by molar-refractivity contribution is 8.06. The Labute approximate surface area is 124 Å². The van der Waals surface area contributed by atoms with Crippen LogP contribution in [-0.2, 0) is 20.9 Å². The van der Waals surface area contributed by atoms with Crippen LogP contribution in [0.2, 0.25) is 0 Å². The first kappa shape index (κ1) is 19.5. The maximum Gasteiger partial charge on any atom is 0.115 e. The van der Waals surface area contributed by atoms with Gasteiger partial charge in [-0.15, -0.1) is 0 Å². The van der Waals surface area contributed by atoms with Crippen molar-refractivity contribution in [3.63, 3.8) is 0 Å². The van der Waals surface area contributed by atoms with Gasteiger partial charge in [-0.25, -0.2) is 0 Å². The van der Waals surface area contributed by atoms with Gasteiger partial charge in [0.25, 0.3) is 0 Å². The van der Waals surface area contributed by atoms with Gasteiger partial charge in [0, 0.05) is 0 Å². The molecule has 3 nitrogen and oxygen atoms in total. The number of rotatable bonds is 14. The van der Waals surface area contributed by atoms with Gasteiger partial charge in [-0.1, -0.05) is 77.0 Å². The van der Waals surface area contributed by atoms with Gasteiger partial charge in [-0.05, 0) is 12.8 Å². The minimum absolute atomic E-state index is 0.459. The first-order chi connectivity index (χ1) is 9.12. The van der Waals surface area contributed by atoms with Crippen LogP contribution in [0.25, 0.3) is 0 Å². The first-order valence-corrected chi connectivity index (χ1v) is 10.3. The lowest BCUT2D eigenvalue weighted by Gasteiger charge is -2.27. The molecule has 0 amide bonds. The third-order valence-corrected chi connectivity index (χ3v) is 4.62. The summed E-state index contributed by atoms with van der Waals surface area (Å²) >= 11 is 4.86. The van der Waals surface area contributed by atoms with E-state index in [-0.39, 0.29) is 0 Å². The molecule has 0 radical (unpaired) electrons. The molecule has 0 aromatic carbocycles. The normalized spacial score (nSPS) is 11.9. The van der Waals surface area contributed by atoms with Crippen LogP contribution in [-0.4, -0.2) is 13.2 Å². The Bertz CT molecular complexity index is 217. The highest BCUT2D eigenvalue weighted by atomic mass is 32.5. The van der Waals surface area contributed by atoms with Crippen LogP contribution in [0.5, 0.6) is 0 Å². The molecule has 0 saturated heterocycles. The van der Waals surface area contributed by atoms with Gasteiger partial charge >= 0.3 is 0 Å². The van der Waals surface area contributed by atoms with Crippen LogP contribution in [0, 0.1) is 0 Å². The van der Waals surface area contributed by atoms with E-state index < -0.39 is 6.72 Å². The molecule has 0 aromatic heterocycles. The van der Waals surface area contributed by atoms with Crippen LogP contribution < -0.4 is 4.89 Å². The molecule has 0 saturated carbocycles. The summed E-state index contributed by atoms with van der Waals surface area (Å²) in [6.07, 6.45) is 11.4. The summed E-state index contributed by atoms with van der Waals surface area (Å²) in [5, 5.41) is 0. The Balaban J connectivity index is 3.39. The fraction of sp³-hybridized carbons (Fsp3) is 1.00. The molecule has 0 spiro atoms. The molecule has 0 N–H and O–H groups in total. The Kier molecular flexibility index (Phi) is 13.9. The standard InChI is InChI=1S/C14H31O3PS/c1-3-5-7-9-11-13-16-18(15,19)17-14-12-10-8-6-4-2/h3-14H2,1-2H3,(H,15,19)/p-1. The molecule has 0 atom stereocenters. The average Bonchev–Trinajstić information content (AvgIpc) is 2.38. The molecule has 0 rings (SSSR count). The SMILES string of the molecule is CCCCCCCOP([O-])(=S)OCCCCCCC. The molecule has 0 bridgehead atoms. The fourth-order valence-electron chi connectivity index (χ4n) is 1.80. The van der Waals surface area contributed by atoms with Crippen LogP contribution in [0.4, 0.5) is 0 Å². The molecule has 0 unspecified atom stereocenters. The van der Waals surface area contributed by atoms with Crippen LogP contribution in [0.1, 0.15) is 78.1 Å². The Morgan fingerprint density at radius 2 is 1.11 bits per heavy atom. The maximum absolute atomic E-state index is 11.8. The average molecular weight is 309 g/mol. The molecule has 0 aliphatic rings. The number of hydrogen-bond donors (Lipinski definition) is 0. The molecule has 0 aliphatic heterocycles. The lowest BCUT2D eigenvalue weighted by Crippen LogP contribution is -2.09. The van der Waals surface area contributed by atoms with E-state index in [0.29, 0.717) is 13.2 Å². The summed E-state index contributed by atoms with van der Waals surface area (Å²) in [5.41, 5.74) is 0. The van der Waals surface area contributed by atoms with Crippen molar-refractivity contribution in [2.75, 3.05) is 13.2 Å². The summed E-state index contributed by atoms with van der Waals surface area (Å²) in [6.45, 7) is 2.06. The summed E-state index contributed by atoms with van der Waals surface area (Å²) < 4.78 is 10.4. The lowest BCUT2D eigenvalue weighted by atomic mass is 10.2. The van der Waals surface area contributed by atoms with Crippen molar-refractivity contribution in [2.45, 2.75) is 78.1 Å². The van der Waals surface area contributed by atoms with Crippen molar-refractivity contribution < 1.29 is 13.9 Å². The zero-order valence-corrected chi connectivity index (χ0v) is 14.3. The minimum atomic E-state index is -3.22. The third-order valence-electron chi connectivity index (χ3n) is 2.99. The monoisotopic (exact) mass is 309 g/mol. The van der Waals surface area contributed by atoms with E-state index >= 15 is 0 Å². The van der Waals surface area contributed by atoms with Gasteiger partial charge in [0.1, 0.15) is 6.72 Å². The highest BCUT2D eigenvalue weighted by Crippen LogP contribution is 2.39. The number of unbranched alkanes of at least 4 members (excludes halogenated alkanes) is 8. The Morgan fingerprint density at radius 3 is 1.47 bits per heavy atom. The lowest BCUT2D eigenvalue weighted by molar-refractivity contribution is -0.206. The molecule has 5 heteroatoms. The smallest absolute Gasteiger partial charge is 0.115 e. The predicted molar refractivity (Wildman–Crippen MR) is 83.7 cm³/mol. The zero-order valence-electron chi connectivity index (χ0n) is 12.6. The second-order valence-corrected chi connectivity index (χ2v) is 7.69. The Hall–Kier alpha value is 0.530. The van der Waals surface area contributed by atoms with Crippen molar-refractivity contribution in [3.05, 3.63) is 0 Å². The summed E-state index contributed by atoms with van der Waals surface area (Å²) in [6, 6.07) is 0. The van der Waals surface area contributed by atoms with Crippen LogP contribution in [0.3, 0.4) is 0 Å². The second-order valence-electron chi connectivity index (χ2n) is 4.94. The third kappa shape index (κ3) is 14.7. The summed E-state index contributed by atoms with van der Waals surface area (Å²) in [5.74, 6) is 0. The predicted octanol–water partition coefficient (Wildman–Crippen LogP) is 4.55. The first-order valence-electron chi connectivity index (χ1n) is 7.72. The minimum Gasteiger partial charge on any atom is -0.780 e. The van der Waals surface area contributed by atoms with E-state index in [4.69, 9.17) is 20.9 Å². The van der Waals surface area contributed by atoms with Gasteiger partial charge in [0.15, 0.2) is 0 Å². The highest BCUT2D eigenvalue weighted by Gasteiger charge is 2.03. The molecule has 0 aliphatic carbocycles. The van der Waals surface area contributed by atoms with Crippen molar-refractivity contribution in [2.24, 2.45) is 0 Å². The van der Waals surface area contributed by atoms with E-state index in [1.54, 1.807) is 0 Å². The van der Waals surface area contributed by atoms with Crippen molar-refractivity contribution in [1.82, 2.24) is 0 Å². The van der Waals surface area contributed by atoms with E-state index in [1.165, 1.54) is 38.5 Å². The van der Waals surface area contributed by atoms with E-state index in [2.05, 4.69) is 13.8 Å². The van der Waals surface area contributed by atoms with Crippen LogP contribution in [0.15, 0.2) is 0 Å².